The van der Waals surface area contributed by atoms with Gasteiger partial charge in [0.05, 0.1) is 10.4 Å². The minimum Gasteiger partial charge on any atom is -0.406 e. The first kappa shape index (κ1) is 10.8. The van der Waals surface area contributed by atoms with E-state index in [1.54, 1.807) is 17.6 Å². The molecule has 0 aliphatic heterocycles. The van der Waals surface area contributed by atoms with Crippen molar-refractivity contribution in [1.29, 1.82) is 0 Å². The molecule has 0 unspecified atom stereocenters. The van der Waals surface area contributed by atoms with Crippen LogP contribution in [-0.2, 0) is 4.79 Å². The molecule has 2 rings (SSSR count). The fraction of sp³-hybridized carbons (Fsp3) is 0.0909. The number of carbonyl (C=O) groups excluding carboxylic acids is 1. The summed E-state index contributed by atoms with van der Waals surface area (Å²) < 4.78 is 17.9. The van der Waals surface area contributed by atoms with Gasteiger partial charge in [-0.2, -0.15) is 0 Å². The highest BCUT2D eigenvalue weighted by Gasteiger charge is 2.12. The van der Waals surface area contributed by atoms with Gasteiger partial charge in [0.2, 0.25) is 5.88 Å². The van der Waals surface area contributed by atoms with Crippen molar-refractivity contribution in [3.8, 4) is 16.3 Å². The molecule has 0 atom stereocenters. The van der Waals surface area contributed by atoms with Gasteiger partial charge in [-0.3, -0.25) is 4.79 Å². The Hall–Kier alpha value is -1.75. The summed E-state index contributed by atoms with van der Waals surface area (Å²) in [6.45, 7) is 1.30. The lowest BCUT2D eigenvalue weighted by Gasteiger charge is -2.01. The van der Waals surface area contributed by atoms with Gasteiger partial charge in [-0.15, -0.1) is 11.3 Å². The van der Waals surface area contributed by atoms with Gasteiger partial charge in [0.25, 0.3) is 0 Å². The Bertz CT molecular complexity index is 524. The van der Waals surface area contributed by atoms with Crippen molar-refractivity contribution in [3.63, 3.8) is 0 Å². The number of hydrogen-bond donors (Lipinski definition) is 0. The van der Waals surface area contributed by atoms with E-state index < -0.39 is 5.97 Å². The van der Waals surface area contributed by atoms with Crippen LogP contribution < -0.4 is 4.74 Å². The van der Waals surface area contributed by atoms with Gasteiger partial charge in [0.1, 0.15) is 5.82 Å². The zero-order chi connectivity index (χ0) is 11.5. The molecule has 0 saturated carbocycles. The summed E-state index contributed by atoms with van der Waals surface area (Å²) in [5.74, 6) is -0.550. The van der Waals surface area contributed by atoms with Crippen molar-refractivity contribution in [3.05, 3.63) is 35.6 Å². The monoisotopic (exact) mass is 237 g/mol. The van der Waals surface area contributed by atoms with Crippen molar-refractivity contribution < 1.29 is 13.9 Å². The van der Waals surface area contributed by atoms with Gasteiger partial charge in [0.15, 0.2) is 0 Å². The SMILES string of the molecule is CC(=O)Oc1ncsc1-c1cccc(F)c1. The molecule has 16 heavy (non-hydrogen) atoms. The standard InChI is InChI=1S/C11H8FNO2S/c1-7(14)15-11-10(16-6-13-11)8-3-2-4-9(12)5-8/h2-6H,1H3. The minimum atomic E-state index is -0.441. The molecule has 82 valence electrons. The molecule has 2 aromatic rings. The summed E-state index contributed by atoms with van der Waals surface area (Å²) in [7, 11) is 0. The van der Waals surface area contributed by atoms with E-state index >= 15 is 0 Å². The largest absolute Gasteiger partial charge is 0.406 e. The van der Waals surface area contributed by atoms with Crippen LogP contribution in [0.1, 0.15) is 6.92 Å². The summed E-state index contributed by atoms with van der Waals surface area (Å²) in [4.78, 5) is 15.4. The fourth-order valence-electron chi connectivity index (χ4n) is 1.27. The predicted octanol–water partition coefficient (Wildman–Crippen LogP) is 2.87. The Morgan fingerprint density at radius 2 is 2.31 bits per heavy atom. The number of rotatable bonds is 2. The molecule has 0 amide bonds. The van der Waals surface area contributed by atoms with E-state index in [-0.39, 0.29) is 11.7 Å². The summed E-state index contributed by atoms with van der Waals surface area (Å²) in [6.07, 6.45) is 0. The molecule has 0 spiro atoms. The predicted molar refractivity (Wildman–Crippen MR) is 58.8 cm³/mol. The second-order valence-electron chi connectivity index (χ2n) is 3.09. The first-order valence-corrected chi connectivity index (χ1v) is 5.42. The molecule has 1 aromatic heterocycles. The number of carbonyl (C=O) groups is 1. The molecule has 0 bridgehead atoms. The van der Waals surface area contributed by atoms with Crippen LogP contribution in [0, 0.1) is 5.82 Å². The van der Waals surface area contributed by atoms with Crippen molar-refractivity contribution in [2.75, 3.05) is 0 Å². The molecular formula is C11H8FNO2S. The Balaban J connectivity index is 2.40. The maximum Gasteiger partial charge on any atom is 0.309 e. The lowest BCUT2D eigenvalue weighted by Crippen LogP contribution is -2.02. The van der Waals surface area contributed by atoms with Crippen LogP contribution in [-0.4, -0.2) is 11.0 Å². The number of benzene rings is 1. The minimum absolute atomic E-state index is 0.225. The normalized spacial score (nSPS) is 10.1. The second kappa shape index (κ2) is 4.40. The highest BCUT2D eigenvalue weighted by molar-refractivity contribution is 7.13. The third kappa shape index (κ3) is 2.25. The second-order valence-corrected chi connectivity index (χ2v) is 3.95. The van der Waals surface area contributed by atoms with Crippen LogP contribution in [0.3, 0.4) is 0 Å². The Kier molecular flexibility index (Phi) is 2.96. The highest BCUT2D eigenvalue weighted by atomic mass is 32.1. The van der Waals surface area contributed by atoms with E-state index in [1.807, 2.05) is 0 Å². The molecule has 0 aliphatic rings. The van der Waals surface area contributed by atoms with Crippen LogP contribution in [0.2, 0.25) is 0 Å². The number of ether oxygens (including phenoxy) is 1. The average Bonchev–Trinajstić information content (AvgIpc) is 2.65. The van der Waals surface area contributed by atoms with Crippen LogP contribution in [0.15, 0.2) is 29.8 Å². The van der Waals surface area contributed by atoms with E-state index in [0.717, 1.165) is 0 Å². The van der Waals surface area contributed by atoms with E-state index in [0.29, 0.717) is 10.4 Å². The smallest absolute Gasteiger partial charge is 0.309 e. The number of esters is 1. The third-order valence-corrected chi connectivity index (χ3v) is 2.72. The lowest BCUT2D eigenvalue weighted by atomic mass is 10.2. The number of nitrogens with zero attached hydrogens (tertiary/aromatic N) is 1. The molecule has 0 saturated heterocycles. The molecule has 0 fully saturated rings. The Morgan fingerprint density at radius 3 is 3.00 bits per heavy atom. The average molecular weight is 237 g/mol. The van der Waals surface area contributed by atoms with E-state index in [4.69, 9.17) is 4.74 Å². The molecule has 1 heterocycles. The first-order valence-electron chi connectivity index (χ1n) is 4.54. The molecule has 1 aromatic carbocycles. The van der Waals surface area contributed by atoms with Crippen LogP contribution in [0.25, 0.3) is 10.4 Å². The highest BCUT2D eigenvalue weighted by Crippen LogP contribution is 2.33. The van der Waals surface area contributed by atoms with Gasteiger partial charge in [-0.05, 0) is 12.1 Å². The van der Waals surface area contributed by atoms with Gasteiger partial charge in [-0.25, -0.2) is 9.37 Å². The van der Waals surface area contributed by atoms with E-state index in [9.17, 15) is 9.18 Å². The first-order chi connectivity index (χ1) is 7.66. The molecule has 0 N–H and O–H groups in total. The maximum atomic E-state index is 13.0. The number of thiazole rings is 1. The molecule has 3 nitrogen and oxygen atoms in total. The van der Waals surface area contributed by atoms with Gasteiger partial charge in [-0.1, -0.05) is 12.1 Å². The number of halogens is 1. The van der Waals surface area contributed by atoms with Crippen LogP contribution in [0.5, 0.6) is 5.88 Å². The number of hydrogen-bond acceptors (Lipinski definition) is 4. The van der Waals surface area contributed by atoms with E-state index in [2.05, 4.69) is 4.98 Å². The van der Waals surface area contributed by atoms with Crippen LogP contribution in [0.4, 0.5) is 4.39 Å². The summed E-state index contributed by atoms with van der Waals surface area (Å²) >= 11 is 1.30. The quantitative estimate of drug-likeness (QED) is 0.754. The summed E-state index contributed by atoms with van der Waals surface area (Å²) in [5, 5.41) is 0. The van der Waals surface area contributed by atoms with Crippen molar-refractivity contribution in [1.82, 2.24) is 4.98 Å². The summed E-state index contributed by atoms with van der Waals surface area (Å²) in [5.41, 5.74) is 2.21. The van der Waals surface area contributed by atoms with Gasteiger partial charge < -0.3 is 4.74 Å². The third-order valence-electron chi connectivity index (χ3n) is 1.86. The van der Waals surface area contributed by atoms with E-state index in [1.165, 1.54) is 30.4 Å². The number of aromatic nitrogens is 1. The Labute approximate surface area is 95.5 Å². The molecule has 0 aliphatic carbocycles. The van der Waals surface area contributed by atoms with Crippen LogP contribution >= 0.6 is 11.3 Å². The van der Waals surface area contributed by atoms with Crippen molar-refractivity contribution in [2.24, 2.45) is 0 Å². The maximum absolute atomic E-state index is 13.0. The zero-order valence-corrected chi connectivity index (χ0v) is 9.25. The molecule has 0 radical (unpaired) electrons. The van der Waals surface area contributed by atoms with Gasteiger partial charge >= 0.3 is 5.97 Å². The van der Waals surface area contributed by atoms with Crippen molar-refractivity contribution in [2.45, 2.75) is 6.92 Å². The summed E-state index contributed by atoms with van der Waals surface area (Å²) in [6, 6.07) is 6.07. The van der Waals surface area contributed by atoms with Crippen molar-refractivity contribution >= 4 is 17.3 Å². The van der Waals surface area contributed by atoms with Gasteiger partial charge in [0, 0.05) is 12.5 Å². The topological polar surface area (TPSA) is 39.2 Å². The zero-order valence-electron chi connectivity index (χ0n) is 8.44. The Morgan fingerprint density at radius 1 is 1.50 bits per heavy atom. The molecular weight excluding hydrogens is 229 g/mol. The molecule has 5 heteroatoms. The fourth-order valence-corrected chi connectivity index (χ4v) is 1.98. The lowest BCUT2D eigenvalue weighted by molar-refractivity contribution is -0.132.